The summed E-state index contributed by atoms with van der Waals surface area (Å²) in [6, 6.07) is 22.5. The number of benzene rings is 3. The van der Waals surface area contributed by atoms with E-state index < -0.39 is 10.0 Å². The highest BCUT2D eigenvalue weighted by atomic mass is 35.5. The molecule has 8 heteroatoms. The van der Waals surface area contributed by atoms with Crippen molar-refractivity contribution in [3.63, 3.8) is 0 Å². The van der Waals surface area contributed by atoms with Gasteiger partial charge in [0.15, 0.2) is 0 Å². The summed E-state index contributed by atoms with van der Waals surface area (Å²) in [5.74, 6) is -0.315. The molecule has 3 rings (SSSR count). The topological polar surface area (TPSA) is 75.7 Å². The predicted molar refractivity (Wildman–Crippen MR) is 120 cm³/mol. The van der Waals surface area contributed by atoms with Crippen LogP contribution in [-0.4, -0.2) is 33.0 Å². The number of carbonyl (C=O) groups is 1. The summed E-state index contributed by atoms with van der Waals surface area (Å²) in [7, 11) is -1.21. The molecule has 3 aromatic carbocycles. The van der Waals surface area contributed by atoms with Gasteiger partial charge >= 0.3 is 0 Å². The van der Waals surface area contributed by atoms with Gasteiger partial charge in [0.2, 0.25) is 0 Å². The molecule has 0 saturated heterocycles. The first-order chi connectivity index (χ1) is 14.8. The molecule has 1 N–H and O–H groups in total. The number of nitrogens with one attached hydrogen (secondary N) is 1. The first-order valence-electron chi connectivity index (χ1n) is 9.55. The minimum absolute atomic E-state index is 0.0316. The summed E-state index contributed by atoms with van der Waals surface area (Å²) >= 11 is 6.32. The highest BCUT2D eigenvalue weighted by Crippen LogP contribution is 2.24. The maximum absolute atomic E-state index is 12.9. The maximum atomic E-state index is 12.9. The van der Waals surface area contributed by atoms with E-state index in [-0.39, 0.29) is 16.8 Å². The quantitative estimate of drug-likeness (QED) is 0.512. The third-order valence-electron chi connectivity index (χ3n) is 4.90. The molecule has 0 aliphatic heterocycles. The van der Waals surface area contributed by atoms with Crippen molar-refractivity contribution in [2.75, 3.05) is 14.2 Å². The van der Waals surface area contributed by atoms with Crippen molar-refractivity contribution in [3.8, 4) is 0 Å². The van der Waals surface area contributed by atoms with Gasteiger partial charge in [-0.2, -0.15) is 0 Å². The lowest BCUT2D eigenvalue weighted by atomic mass is 9.98. The van der Waals surface area contributed by atoms with E-state index in [1.54, 1.807) is 0 Å². The van der Waals surface area contributed by atoms with Gasteiger partial charge in [-0.05, 0) is 47.9 Å². The SMILES string of the molecule is CON(C)S(=O)(=O)c1ccc(C(=O)NC(Cc2ccccc2Cl)c2ccccc2)cc1. The third-order valence-corrected chi connectivity index (χ3v) is 6.96. The van der Waals surface area contributed by atoms with Crippen LogP contribution in [0, 0.1) is 0 Å². The van der Waals surface area contributed by atoms with Crippen molar-refractivity contribution in [2.24, 2.45) is 0 Å². The van der Waals surface area contributed by atoms with Crippen LogP contribution in [0.25, 0.3) is 0 Å². The van der Waals surface area contributed by atoms with Gasteiger partial charge in [-0.25, -0.2) is 8.42 Å². The monoisotopic (exact) mass is 458 g/mol. The first kappa shape index (κ1) is 23.0. The number of hydrogen-bond donors (Lipinski definition) is 1. The van der Waals surface area contributed by atoms with E-state index in [0.717, 1.165) is 15.6 Å². The molecule has 3 aromatic rings. The van der Waals surface area contributed by atoms with E-state index in [0.29, 0.717) is 17.0 Å². The Hall–Kier alpha value is -2.71. The van der Waals surface area contributed by atoms with Gasteiger partial charge < -0.3 is 5.32 Å². The molecule has 1 unspecified atom stereocenters. The number of rotatable bonds is 8. The lowest BCUT2D eigenvalue weighted by Gasteiger charge is -2.20. The van der Waals surface area contributed by atoms with E-state index >= 15 is 0 Å². The number of hydrogen-bond acceptors (Lipinski definition) is 4. The van der Waals surface area contributed by atoms with Gasteiger partial charge in [0.25, 0.3) is 15.9 Å². The molecule has 31 heavy (non-hydrogen) atoms. The van der Waals surface area contributed by atoms with Crippen LogP contribution in [0.1, 0.15) is 27.5 Å². The number of amides is 1. The number of hydroxylamine groups is 1. The van der Waals surface area contributed by atoms with Crippen LogP contribution in [0.3, 0.4) is 0 Å². The van der Waals surface area contributed by atoms with Crippen molar-refractivity contribution in [3.05, 3.63) is 101 Å². The van der Waals surface area contributed by atoms with Crippen molar-refractivity contribution in [1.82, 2.24) is 9.79 Å². The van der Waals surface area contributed by atoms with Crippen LogP contribution in [0.2, 0.25) is 5.02 Å². The Kier molecular flexibility index (Phi) is 7.46. The number of carbonyl (C=O) groups excluding carboxylic acids is 1. The Morgan fingerprint density at radius 2 is 1.61 bits per heavy atom. The van der Waals surface area contributed by atoms with Gasteiger partial charge in [0.1, 0.15) is 0 Å². The van der Waals surface area contributed by atoms with E-state index in [1.807, 2.05) is 54.6 Å². The van der Waals surface area contributed by atoms with Gasteiger partial charge in [0.05, 0.1) is 18.0 Å². The molecule has 1 amide bonds. The zero-order valence-corrected chi connectivity index (χ0v) is 18.7. The number of halogens is 1. The fraction of sp³-hybridized carbons (Fsp3) is 0.174. The average Bonchev–Trinajstić information content (AvgIpc) is 2.80. The van der Waals surface area contributed by atoms with Crippen molar-refractivity contribution in [2.45, 2.75) is 17.4 Å². The molecular weight excluding hydrogens is 436 g/mol. The fourth-order valence-electron chi connectivity index (χ4n) is 3.09. The van der Waals surface area contributed by atoms with Crippen LogP contribution in [0.5, 0.6) is 0 Å². The summed E-state index contributed by atoms with van der Waals surface area (Å²) in [6.45, 7) is 0. The summed E-state index contributed by atoms with van der Waals surface area (Å²) in [5, 5.41) is 3.67. The van der Waals surface area contributed by atoms with Gasteiger partial charge in [-0.3, -0.25) is 9.63 Å². The van der Waals surface area contributed by atoms with E-state index in [1.165, 1.54) is 38.4 Å². The summed E-state index contributed by atoms with van der Waals surface area (Å²) in [4.78, 5) is 17.7. The second-order valence-electron chi connectivity index (χ2n) is 6.85. The second kappa shape index (κ2) is 10.1. The van der Waals surface area contributed by atoms with Crippen molar-refractivity contribution < 1.29 is 18.0 Å². The van der Waals surface area contributed by atoms with Crippen molar-refractivity contribution >= 4 is 27.5 Å². The van der Waals surface area contributed by atoms with E-state index in [9.17, 15) is 13.2 Å². The molecule has 6 nitrogen and oxygen atoms in total. The first-order valence-corrected chi connectivity index (χ1v) is 11.4. The Morgan fingerprint density at radius 1 is 1.00 bits per heavy atom. The Balaban J connectivity index is 1.83. The second-order valence-corrected chi connectivity index (χ2v) is 9.20. The third kappa shape index (κ3) is 5.51. The Bertz CT molecular complexity index is 1140. The molecule has 0 aliphatic carbocycles. The molecular formula is C23H23ClN2O4S. The predicted octanol–water partition coefficient (Wildman–Crippen LogP) is 4.24. The maximum Gasteiger partial charge on any atom is 0.264 e. The zero-order chi connectivity index (χ0) is 22.4. The highest BCUT2D eigenvalue weighted by Gasteiger charge is 2.22. The van der Waals surface area contributed by atoms with Gasteiger partial charge in [-0.15, -0.1) is 0 Å². The lowest BCUT2D eigenvalue weighted by molar-refractivity contribution is -0.0258. The Morgan fingerprint density at radius 3 is 2.23 bits per heavy atom. The van der Waals surface area contributed by atoms with Crippen LogP contribution in [-0.2, 0) is 21.3 Å². The zero-order valence-electron chi connectivity index (χ0n) is 17.2. The van der Waals surface area contributed by atoms with Crippen LogP contribution in [0.4, 0.5) is 0 Å². The fourth-order valence-corrected chi connectivity index (χ4v) is 4.27. The van der Waals surface area contributed by atoms with Gasteiger partial charge in [-0.1, -0.05) is 64.6 Å². The molecule has 0 heterocycles. The minimum atomic E-state index is -3.78. The standard InChI is InChI=1S/C23H23ClN2O4S/c1-26(30-2)31(28,29)20-14-12-18(13-15-20)23(27)25-22(17-8-4-3-5-9-17)16-19-10-6-7-11-21(19)24/h3-15,22H,16H2,1-2H3,(H,25,27). The lowest BCUT2D eigenvalue weighted by Crippen LogP contribution is -2.30. The molecule has 0 saturated carbocycles. The summed E-state index contributed by atoms with van der Waals surface area (Å²) in [5.41, 5.74) is 2.21. The van der Waals surface area contributed by atoms with E-state index in [4.69, 9.17) is 16.4 Å². The smallest absolute Gasteiger partial charge is 0.264 e. The molecule has 162 valence electrons. The molecule has 1 atom stereocenters. The number of sulfonamides is 1. The largest absolute Gasteiger partial charge is 0.345 e. The molecule has 0 bridgehead atoms. The molecule has 0 aliphatic rings. The Labute approximate surface area is 187 Å². The van der Waals surface area contributed by atoms with E-state index in [2.05, 4.69) is 5.32 Å². The van der Waals surface area contributed by atoms with Crippen LogP contribution >= 0.6 is 11.6 Å². The van der Waals surface area contributed by atoms with Gasteiger partial charge in [0, 0.05) is 17.6 Å². The number of nitrogens with zero attached hydrogens (tertiary/aromatic N) is 1. The van der Waals surface area contributed by atoms with Crippen molar-refractivity contribution in [1.29, 1.82) is 0 Å². The normalized spacial score (nSPS) is 12.5. The molecule has 0 spiro atoms. The molecule has 0 radical (unpaired) electrons. The van der Waals surface area contributed by atoms with Crippen LogP contribution in [0.15, 0.2) is 83.8 Å². The molecule has 0 aromatic heterocycles. The molecule has 0 fully saturated rings. The average molecular weight is 459 g/mol. The minimum Gasteiger partial charge on any atom is -0.345 e. The van der Waals surface area contributed by atoms with Crippen LogP contribution < -0.4 is 5.32 Å². The summed E-state index contributed by atoms with van der Waals surface area (Å²) < 4.78 is 25.4. The highest BCUT2D eigenvalue weighted by molar-refractivity contribution is 7.89. The summed E-state index contributed by atoms with van der Waals surface area (Å²) in [6.07, 6.45) is 0.514.